The number of furan rings is 1. The second-order valence-corrected chi connectivity index (χ2v) is 12.6. The Bertz CT molecular complexity index is 1700. The third-order valence-electron chi connectivity index (χ3n) is 8.29. The molecule has 4 heterocycles. The van der Waals surface area contributed by atoms with Crippen LogP contribution in [0, 0.1) is 13.8 Å². The number of nitrogens with zero attached hydrogens (tertiary/aromatic N) is 3. The zero-order valence-corrected chi connectivity index (χ0v) is 24.5. The largest absolute Gasteiger partial charge is 0.472 e. The summed E-state index contributed by atoms with van der Waals surface area (Å²) in [5.74, 6) is -0.453. The molecule has 4 aromatic rings. The molecule has 1 saturated carbocycles. The highest BCUT2D eigenvalue weighted by atomic mass is 32.2. The molecule has 0 atom stereocenters. The lowest BCUT2D eigenvalue weighted by Gasteiger charge is -2.27. The van der Waals surface area contributed by atoms with Crippen LogP contribution in [0.1, 0.15) is 65.4 Å². The standard InChI is InChI=1S/C30H34N4O7S/c1-19-29(20(2)41-31-19)42(37,38)32-30(36)22-8-9-24-25(16-22)34(17-26(35)33-11-14-39-15-12-33)28(23-10-13-40-18-23)27(24)21-6-4-3-5-7-21/h8-10,13,16,18,21H,3-7,11-12,14-15,17H2,1-2H3,(H,32,36). The lowest BCUT2D eigenvalue weighted by Crippen LogP contribution is -2.42. The number of hydrogen-bond donors (Lipinski definition) is 1. The van der Waals surface area contributed by atoms with Gasteiger partial charge in [0.2, 0.25) is 5.91 Å². The number of morpholine rings is 1. The molecule has 0 unspecified atom stereocenters. The van der Waals surface area contributed by atoms with Gasteiger partial charge in [0, 0.05) is 29.6 Å². The number of benzene rings is 1. The van der Waals surface area contributed by atoms with E-state index in [2.05, 4.69) is 9.88 Å². The molecule has 1 aliphatic carbocycles. The number of hydrogen-bond acceptors (Lipinski definition) is 8. The average Bonchev–Trinajstić information content (AvgIpc) is 3.71. The number of nitrogens with one attached hydrogen (secondary N) is 1. The zero-order valence-electron chi connectivity index (χ0n) is 23.7. The fraction of sp³-hybridized carbons (Fsp3) is 0.433. The third-order valence-corrected chi connectivity index (χ3v) is 9.87. The predicted octanol–water partition coefficient (Wildman–Crippen LogP) is 4.53. The number of carbonyl (C=O) groups is 2. The van der Waals surface area contributed by atoms with Crippen LogP contribution in [-0.2, 0) is 26.1 Å². The highest BCUT2D eigenvalue weighted by Crippen LogP contribution is 2.44. The molecular weight excluding hydrogens is 560 g/mol. The van der Waals surface area contributed by atoms with Gasteiger partial charge in [-0.05, 0) is 56.4 Å². The van der Waals surface area contributed by atoms with Gasteiger partial charge < -0.3 is 23.1 Å². The van der Waals surface area contributed by atoms with Gasteiger partial charge in [0.25, 0.3) is 15.9 Å². The van der Waals surface area contributed by atoms with Crippen molar-refractivity contribution in [2.24, 2.45) is 0 Å². The lowest BCUT2D eigenvalue weighted by atomic mass is 9.82. The van der Waals surface area contributed by atoms with Crippen LogP contribution < -0.4 is 4.72 Å². The van der Waals surface area contributed by atoms with Crippen molar-refractivity contribution in [3.8, 4) is 11.3 Å². The Balaban J connectivity index is 1.46. The first-order valence-corrected chi connectivity index (χ1v) is 15.8. The van der Waals surface area contributed by atoms with Crippen LogP contribution in [0.3, 0.4) is 0 Å². The molecule has 1 N–H and O–H groups in total. The normalized spacial score (nSPS) is 16.7. The van der Waals surface area contributed by atoms with E-state index in [-0.39, 0.29) is 40.3 Å². The first kappa shape index (κ1) is 28.2. The van der Waals surface area contributed by atoms with Gasteiger partial charge in [0.1, 0.15) is 12.2 Å². The van der Waals surface area contributed by atoms with Gasteiger partial charge in [-0.3, -0.25) is 9.59 Å². The molecule has 3 aromatic heterocycles. The summed E-state index contributed by atoms with van der Waals surface area (Å²) in [7, 11) is -4.23. The van der Waals surface area contributed by atoms with Crippen LogP contribution in [0.5, 0.6) is 0 Å². The van der Waals surface area contributed by atoms with Crippen molar-refractivity contribution in [1.29, 1.82) is 0 Å². The number of amides is 2. The summed E-state index contributed by atoms with van der Waals surface area (Å²) >= 11 is 0. The highest BCUT2D eigenvalue weighted by Gasteiger charge is 2.31. The first-order valence-electron chi connectivity index (χ1n) is 14.3. The quantitative estimate of drug-likeness (QED) is 0.330. The molecule has 12 heteroatoms. The molecule has 222 valence electrons. The predicted molar refractivity (Wildman–Crippen MR) is 153 cm³/mol. The summed E-state index contributed by atoms with van der Waals surface area (Å²) in [5, 5.41) is 4.64. The number of aryl methyl sites for hydroxylation is 2. The van der Waals surface area contributed by atoms with Crippen LogP contribution in [0.2, 0.25) is 0 Å². The molecule has 0 bridgehead atoms. The molecule has 11 nitrogen and oxygen atoms in total. The minimum Gasteiger partial charge on any atom is -0.472 e. The fourth-order valence-electron chi connectivity index (χ4n) is 6.33. The van der Waals surface area contributed by atoms with E-state index in [1.54, 1.807) is 29.6 Å². The molecule has 1 aromatic carbocycles. The molecule has 0 spiro atoms. The van der Waals surface area contributed by atoms with Gasteiger partial charge in [0.05, 0.1) is 37.0 Å². The van der Waals surface area contributed by atoms with E-state index in [1.807, 2.05) is 16.7 Å². The van der Waals surface area contributed by atoms with Crippen molar-refractivity contribution in [1.82, 2.24) is 19.3 Å². The Morgan fingerprint density at radius 3 is 2.50 bits per heavy atom. The molecule has 0 radical (unpaired) electrons. The molecule has 42 heavy (non-hydrogen) atoms. The summed E-state index contributed by atoms with van der Waals surface area (Å²) in [6, 6.07) is 7.08. The van der Waals surface area contributed by atoms with Crippen LogP contribution in [0.15, 0.2) is 50.6 Å². The van der Waals surface area contributed by atoms with E-state index in [0.717, 1.165) is 47.9 Å². The van der Waals surface area contributed by atoms with Crippen molar-refractivity contribution in [3.05, 3.63) is 59.4 Å². The minimum absolute atomic E-state index is 0.0500. The summed E-state index contributed by atoms with van der Waals surface area (Å²) in [6.07, 6.45) is 8.78. The SMILES string of the molecule is Cc1noc(C)c1S(=O)(=O)NC(=O)c1ccc2c(C3CCCCC3)c(-c3ccoc3)n(CC(=O)N3CCOCC3)c2c1. The van der Waals surface area contributed by atoms with E-state index in [4.69, 9.17) is 13.7 Å². The van der Waals surface area contributed by atoms with Crippen molar-refractivity contribution >= 4 is 32.7 Å². The Morgan fingerprint density at radius 1 is 1.07 bits per heavy atom. The Kier molecular flexibility index (Phi) is 7.67. The monoisotopic (exact) mass is 594 g/mol. The number of ether oxygens (including phenoxy) is 1. The molecule has 1 saturated heterocycles. The second kappa shape index (κ2) is 11.4. The Labute approximate surface area is 243 Å². The topological polar surface area (TPSA) is 137 Å². The summed E-state index contributed by atoms with van der Waals surface area (Å²) in [5.41, 5.74) is 3.90. The molecule has 2 fully saturated rings. The highest BCUT2D eigenvalue weighted by molar-refractivity contribution is 7.90. The van der Waals surface area contributed by atoms with E-state index >= 15 is 0 Å². The van der Waals surface area contributed by atoms with Crippen molar-refractivity contribution in [2.45, 2.75) is 63.3 Å². The summed E-state index contributed by atoms with van der Waals surface area (Å²) in [4.78, 5) is 28.6. The number of rotatable bonds is 7. The molecule has 2 amide bonds. The van der Waals surface area contributed by atoms with Crippen molar-refractivity contribution in [3.63, 3.8) is 0 Å². The summed E-state index contributed by atoms with van der Waals surface area (Å²) < 4.78 is 46.2. The molecule has 1 aliphatic heterocycles. The third kappa shape index (κ3) is 5.24. The second-order valence-electron chi connectivity index (χ2n) is 11.0. The van der Waals surface area contributed by atoms with Gasteiger partial charge in [-0.2, -0.15) is 0 Å². The van der Waals surface area contributed by atoms with Crippen LogP contribution in [0.25, 0.3) is 22.2 Å². The van der Waals surface area contributed by atoms with Crippen LogP contribution in [0.4, 0.5) is 0 Å². The van der Waals surface area contributed by atoms with Crippen molar-refractivity contribution < 1.29 is 31.7 Å². The number of aromatic nitrogens is 2. The Hall–Kier alpha value is -3.90. The van der Waals surface area contributed by atoms with Gasteiger partial charge in [-0.15, -0.1) is 0 Å². The maximum absolute atomic E-state index is 13.6. The van der Waals surface area contributed by atoms with Gasteiger partial charge in [0.15, 0.2) is 10.7 Å². The maximum atomic E-state index is 13.6. The summed E-state index contributed by atoms with van der Waals surface area (Å²) in [6.45, 7) is 5.06. The molecule has 6 rings (SSSR count). The molecular formula is C30H34N4O7S. The Morgan fingerprint density at radius 2 is 1.83 bits per heavy atom. The zero-order chi connectivity index (χ0) is 29.4. The number of fused-ring (bicyclic) bond motifs is 1. The first-order chi connectivity index (χ1) is 20.2. The number of sulfonamides is 1. The van der Waals surface area contributed by atoms with E-state index < -0.39 is 15.9 Å². The van der Waals surface area contributed by atoms with E-state index in [1.165, 1.54) is 20.3 Å². The van der Waals surface area contributed by atoms with Crippen molar-refractivity contribution in [2.75, 3.05) is 26.3 Å². The molecule has 2 aliphatic rings. The van der Waals surface area contributed by atoms with Crippen LogP contribution >= 0.6 is 0 Å². The lowest BCUT2D eigenvalue weighted by molar-refractivity contribution is -0.135. The van der Waals surface area contributed by atoms with Gasteiger partial charge in [-0.25, -0.2) is 13.1 Å². The maximum Gasteiger partial charge on any atom is 0.269 e. The van der Waals surface area contributed by atoms with Crippen LogP contribution in [-0.4, -0.2) is 61.2 Å². The fourth-order valence-corrected chi connectivity index (χ4v) is 7.64. The number of carbonyl (C=O) groups excluding carboxylic acids is 2. The van der Waals surface area contributed by atoms with Gasteiger partial charge in [-0.1, -0.05) is 30.5 Å². The minimum atomic E-state index is -4.23. The van der Waals surface area contributed by atoms with E-state index in [0.29, 0.717) is 31.8 Å². The van der Waals surface area contributed by atoms with Gasteiger partial charge >= 0.3 is 0 Å². The smallest absolute Gasteiger partial charge is 0.269 e. The van der Waals surface area contributed by atoms with E-state index in [9.17, 15) is 18.0 Å². The average molecular weight is 595 g/mol.